The summed E-state index contributed by atoms with van der Waals surface area (Å²) in [5.74, 6) is 0. The van der Waals surface area contributed by atoms with Crippen LogP contribution >= 0.6 is 0 Å². The molecule has 0 aromatic rings. The van der Waals surface area contributed by atoms with Gasteiger partial charge in [-0.1, -0.05) is 0 Å². The lowest BCUT2D eigenvalue weighted by atomic mass is 9.98. The van der Waals surface area contributed by atoms with Gasteiger partial charge in [-0.2, -0.15) is 0 Å². The fourth-order valence-corrected chi connectivity index (χ4v) is 2.49. The molecule has 2 rings (SSSR count). The highest BCUT2D eigenvalue weighted by Gasteiger charge is 2.49. The van der Waals surface area contributed by atoms with Crippen LogP contribution in [0.4, 0.5) is 0 Å². The van der Waals surface area contributed by atoms with Gasteiger partial charge in [0.1, 0.15) is 48.8 Å². The van der Waals surface area contributed by atoms with Gasteiger partial charge in [0.05, 0.1) is 13.2 Å². The molecule has 0 saturated carbocycles. The molecule has 10 atom stereocenters. The molecular weight excluding hydrogens is 352 g/mol. The van der Waals surface area contributed by atoms with Crippen LogP contribution in [-0.4, -0.2) is 126 Å². The summed E-state index contributed by atoms with van der Waals surface area (Å²) in [7, 11) is 0. The lowest BCUT2D eigenvalue weighted by Gasteiger charge is -2.44. The first-order valence-corrected chi connectivity index (χ1v) is 7.08. The van der Waals surface area contributed by atoms with Crippen molar-refractivity contribution in [2.75, 3.05) is 13.2 Å². The van der Waals surface area contributed by atoms with Gasteiger partial charge in [0.15, 0.2) is 12.6 Å². The highest BCUT2D eigenvalue weighted by atomic mass is 16.8. The number of hydrogen-bond acceptors (Lipinski definition) is 11. The molecule has 12 N–H and O–H groups in total. The largest absolute Gasteiger partial charge is 0.412 e. The second kappa shape index (κ2) is 9.98. The normalized spacial score (nSPS) is 47.5. The third-order valence-electron chi connectivity index (χ3n) is 3.97. The van der Waals surface area contributed by atoms with Crippen LogP contribution in [0.2, 0.25) is 0 Å². The summed E-state index contributed by atoms with van der Waals surface area (Å²) < 4.78 is 15.3. The van der Waals surface area contributed by atoms with Gasteiger partial charge >= 0.3 is 0 Å². The Bertz CT molecular complexity index is 346. The van der Waals surface area contributed by atoms with Crippen molar-refractivity contribution in [3.63, 3.8) is 0 Å². The van der Waals surface area contributed by atoms with Crippen LogP contribution in [0, 0.1) is 0 Å². The molecule has 0 spiro atoms. The van der Waals surface area contributed by atoms with Crippen molar-refractivity contribution < 1.29 is 66.0 Å². The lowest BCUT2D eigenvalue weighted by molar-refractivity contribution is -0.376. The SMILES string of the molecule is O.O.OC[C@@H]1O[C@H](O[C@H]2O[C@@H](CO)[C@@H](O)[C@@H](O)[C@@H]2O)[C@@H](O)[C@H](O)[C@@H]1O. The van der Waals surface area contributed by atoms with Crippen molar-refractivity contribution in [3.8, 4) is 0 Å². The van der Waals surface area contributed by atoms with Crippen molar-refractivity contribution in [2.45, 2.75) is 61.4 Å². The Morgan fingerprint density at radius 2 is 0.880 bits per heavy atom. The summed E-state index contributed by atoms with van der Waals surface area (Å²) in [6.07, 6.45) is -15.6. The fraction of sp³-hybridized carbons (Fsp3) is 1.00. The third-order valence-corrected chi connectivity index (χ3v) is 3.97. The average molecular weight is 378 g/mol. The number of aliphatic hydroxyl groups excluding tert-OH is 8. The van der Waals surface area contributed by atoms with Crippen molar-refractivity contribution in [1.29, 1.82) is 0 Å². The highest BCUT2D eigenvalue weighted by Crippen LogP contribution is 2.27. The molecule has 13 heteroatoms. The van der Waals surface area contributed by atoms with E-state index in [1.165, 1.54) is 0 Å². The van der Waals surface area contributed by atoms with Gasteiger partial charge in [0.2, 0.25) is 0 Å². The predicted molar refractivity (Wildman–Crippen MR) is 75.8 cm³/mol. The standard InChI is InChI=1S/C12H22O11.2H2O/c13-1-3-5(15)7(17)9(19)11(21-3)23-12-10(20)8(18)6(16)4(2-14)22-12;;/h3-20H,1-2H2;2*1H2/t3-,4-,5+,6+,7+,8+,9-,10-,11+,12+;;/m0../s1. The molecule has 0 bridgehead atoms. The van der Waals surface area contributed by atoms with Crippen molar-refractivity contribution >= 4 is 0 Å². The summed E-state index contributed by atoms with van der Waals surface area (Å²) in [4.78, 5) is 0. The third kappa shape index (κ3) is 4.81. The molecule has 2 aliphatic rings. The van der Waals surface area contributed by atoms with E-state index in [4.69, 9.17) is 24.4 Å². The zero-order chi connectivity index (χ0) is 17.3. The second-order valence-corrected chi connectivity index (χ2v) is 5.53. The molecule has 2 saturated heterocycles. The minimum Gasteiger partial charge on any atom is -0.412 e. The van der Waals surface area contributed by atoms with Crippen LogP contribution < -0.4 is 0 Å². The van der Waals surface area contributed by atoms with Crippen LogP contribution in [0.15, 0.2) is 0 Å². The molecule has 152 valence electrons. The zero-order valence-electron chi connectivity index (χ0n) is 13.0. The first-order chi connectivity index (χ1) is 10.8. The molecule has 0 amide bonds. The van der Waals surface area contributed by atoms with Crippen molar-refractivity contribution in [2.24, 2.45) is 0 Å². The number of ether oxygens (including phenoxy) is 3. The summed E-state index contributed by atoms with van der Waals surface area (Å²) in [5, 5.41) is 76.4. The van der Waals surface area contributed by atoms with Crippen LogP contribution in [0.1, 0.15) is 0 Å². The van der Waals surface area contributed by atoms with Crippen molar-refractivity contribution in [3.05, 3.63) is 0 Å². The quantitative estimate of drug-likeness (QED) is 0.228. The maximum atomic E-state index is 9.84. The molecule has 0 radical (unpaired) electrons. The minimum atomic E-state index is -1.72. The molecule has 2 heterocycles. The number of hydrogen-bond donors (Lipinski definition) is 8. The predicted octanol–water partition coefficient (Wildman–Crippen LogP) is -7.05. The van der Waals surface area contributed by atoms with E-state index < -0.39 is 74.6 Å². The van der Waals surface area contributed by atoms with E-state index in [0.717, 1.165) is 0 Å². The van der Waals surface area contributed by atoms with Crippen molar-refractivity contribution in [1.82, 2.24) is 0 Å². The van der Waals surface area contributed by atoms with Gasteiger partial charge in [-0.05, 0) is 0 Å². The van der Waals surface area contributed by atoms with Crippen LogP contribution in [-0.2, 0) is 14.2 Å². The average Bonchev–Trinajstić information content (AvgIpc) is 2.55. The van der Waals surface area contributed by atoms with Gasteiger partial charge < -0.3 is 66.0 Å². The molecule has 13 nitrogen and oxygen atoms in total. The molecule has 0 unspecified atom stereocenters. The topological polar surface area (TPSA) is 253 Å². The minimum absolute atomic E-state index is 0. The molecule has 25 heavy (non-hydrogen) atoms. The molecule has 0 aromatic carbocycles. The smallest absolute Gasteiger partial charge is 0.189 e. The molecular formula is C12H26O13. The molecule has 2 aliphatic heterocycles. The Morgan fingerprint density at radius 3 is 1.16 bits per heavy atom. The fourth-order valence-electron chi connectivity index (χ4n) is 2.49. The molecule has 0 aromatic heterocycles. The Hall–Kier alpha value is -0.520. The summed E-state index contributed by atoms with van der Waals surface area (Å²) in [5.41, 5.74) is 0. The zero-order valence-corrected chi connectivity index (χ0v) is 13.0. The van der Waals surface area contributed by atoms with E-state index in [-0.39, 0.29) is 11.0 Å². The van der Waals surface area contributed by atoms with Crippen LogP contribution in [0.5, 0.6) is 0 Å². The Morgan fingerprint density at radius 1 is 0.560 bits per heavy atom. The van der Waals surface area contributed by atoms with E-state index in [9.17, 15) is 30.6 Å². The monoisotopic (exact) mass is 378 g/mol. The second-order valence-electron chi connectivity index (χ2n) is 5.53. The van der Waals surface area contributed by atoms with Gasteiger partial charge in [-0.25, -0.2) is 0 Å². The van der Waals surface area contributed by atoms with Gasteiger partial charge in [0, 0.05) is 0 Å². The van der Waals surface area contributed by atoms with Crippen LogP contribution in [0.25, 0.3) is 0 Å². The van der Waals surface area contributed by atoms with Gasteiger partial charge in [-0.3, -0.25) is 0 Å². The first kappa shape index (κ1) is 24.5. The molecule has 0 aliphatic carbocycles. The van der Waals surface area contributed by atoms with E-state index >= 15 is 0 Å². The Kier molecular flexibility index (Phi) is 9.77. The maximum absolute atomic E-state index is 9.84. The van der Waals surface area contributed by atoms with E-state index in [2.05, 4.69) is 0 Å². The number of aliphatic hydroxyl groups is 8. The van der Waals surface area contributed by atoms with Gasteiger partial charge in [-0.15, -0.1) is 0 Å². The van der Waals surface area contributed by atoms with E-state index in [1.54, 1.807) is 0 Å². The maximum Gasteiger partial charge on any atom is 0.189 e. The number of rotatable bonds is 4. The van der Waals surface area contributed by atoms with E-state index in [0.29, 0.717) is 0 Å². The van der Waals surface area contributed by atoms with Gasteiger partial charge in [0.25, 0.3) is 0 Å². The summed E-state index contributed by atoms with van der Waals surface area (Å²) in [6.45, 7) is -1.33. The Balaban J connectivity index is 0.00000288. The van der Waals surface area contributed by atoms with Crippen LogP contribution in [0.3, 0.4) is 0 Å². The first-order valence-electron chi connectivity index (χ1n) is 7.08. The summed E-state index contributed by atoms with van der Waals surface area (Å²) in [6, 6.07) is 0. The van der Waals surface area contributed by atoms with E-state index in [1.807, 2.05) is 0 Å². The summed E-state index contributed by atoms with van der Waals surface area (Å²) >= 11 is 0. The molecule has 2 fully saturated rings. The Labute approximate surface area is 141 Å². The lowest BCUT2D eigenvalue weighted by Crippen LogP contribution is -2.63. The highest BCUT2D eigenvalue weighted by molar-refractivity contribution is 4.92.